The molecule has 0 aromatic heterocycles. The molecule has 0 aliphatic carbocycles. The highest BCUT2D eigenvalue weighted by Gasteiger charge is 2.08. The summed E-state index contributed by atoms with van der Waals surface area (Å²) in [6.45, 7) is 5.42. The molecule has 0 aliphatic heterocycles. The van der Waals surface area contributed by atoms with Gasteiger partial charge < -0.3 is 10.1 Å². The molecule has 2 nitrogen and oxygen atoms in total. The Morgan fingerprint density at radius 1 is 1.20 bits per heavy atom. The summed E-state index contributed by atoms with van der Waals surface area (Å²) in [7, 11) is 1.59. The van der Waals surface area contributed by atoms with E-state index in [-0.39, 0.29) is 5.82 Å². The van der Waals surface area contributed by atoms with Gasteiger partial charge in [-0.15, -0.1) is 0 Å². The van der Waals surface area contributed by atoms with Gasteiger partial charge >= 0.3 is 0 Å². The van der Waals surface area contributed by atoms with Gasteiger partial charge in [0.25, 0.3) is 0 Å². The van der Waals surface area contributed by atoms with Gasteiger partial charge in [0.15, 0.2) is 0 Å². The first-order chi connectivity index (χ1) is 9.54. The predicted molar refractivity (Wildman–Crippen MR) is 86.0 cm³/mol. The lowest BCUT2D eigenvalue weighted by Gasteiger charge is -2.10. The fourth-order valence-electron chi connectivity index (χ4n) is 2.14. The van der Waals surface area contributed by atoms with Gasteiger partial charge in [-0.25, -0.2) is 4.39 Å². The summed E-state index contributed by atoms with van der Waals surface area (Å²) in [5.41, 5.74) is 1.07. The number of aryl methyl sites for hydroxylation is 1. The van der Waals surface area contributed by atoms with Crippen LogP contribution >= 0.6 is 15.9 Å². The fraction of sp³-hybridized carbons (Fsp3) is 0.625. The summed E-state index contributed by atoms with van der Waals surface area (Å²) >= 11 is 3.23. The molecule has 0 bridgehead atoms. The van der Waals surface area contributed by atoms with Crippen LogP contribution in [0.15, 0.2) is 16.6 Å². The Morgan fingerprint density at radius 3 is 2.55 bits per heavy atom. The van der Waals surface area contributed by atoms with Gasteiger partial charge in [0.05, 0.1) is 11.6 Å². The van der Waals surface area contributed by atoms with E-state index in [0.29, 0.717) is 16.3 Å². The van der Waals surface area contributed by atoms with Crippen LogP contribution in [-0.2, 0) is 6.42 Å². The maximum Gasteiger partial charge on any atom is 0.141 e. The molecule has 114 valence electrons. The predicted octanol–water partition coefficient (Wildman–Crippen LogP) is 4.70. The maximum absolute atomic E-state index is 13.4. The van der Waals surface area contributed by atoms with Crippen LogP contribution in [0.5, 0.6) is 5.75 Å². The average Bonchev–Trinajstić information content (AvgIpc) is 2.40. The van der Waals surface area contributed by atoms with Crippen LogP contribution in [0, 0.1) is 5.82 Å². The van der Waals surface area contributed by atoms with Crippen molar-refractivity contribution in [2.75, 3.05) is 13.7 Å². The number of nitrogens with one attached hydrogen (secondary N) is 1. The van der Waals surface area contributed by atoms with Crippen LogP contribution in [0.3, 0.4) is 0 Å². The molecule has 0 heterocycles. The van der Waals surface area contributed by atoms with Crippen LogP contribution in [0.4, 0.5) is 4.39 Å². The van der Waals surface area contributed by atoms with Crippen LogP contribution in [-0.4, -0.2) is 19.7 Å². The molecule has 0 unspecified atom stereocenters. The average molecular weight is 346 g/mol. The first kappa shape index (κ1) is 17.4. The Balaban J connectivity index is 2.30. The zero-order chi connectivity index (χ0) is 15.0. The largest absolute Gasteiger partial charge is 0.496 e. The van der Waals surface area contributed by atoms with E-state index in [1.165, 1.54) is 25.3 Å². The fourth-order valence-corrected chi connectivity index (χ4v) is 2.53. The van der Waals surface area contributed by atoms with Crippen LogP contribution in [0.25, 0.3) is 0 Å². The monoisotopic (exact) mass is 345 g/mol. The third-order valence-corrected chi connectivity index (χ3v) is 3.86. The second-order valence-corrected chi connectivity index (χ2v) is 6.21. The van der Waals surface area contributed by atoms with Crippen molar-refractivity contribution in [1.82, 2.24) is 5.32 Å². The van der Waals surface area contributed by atoms with Gasteiger partial charge in [0.2, 0.25) is 0 Å². The van der Waals surface area contributed by atoms with E-state index in [1.54, 1.807) is 7.11 Å². The quantitative estimate of drug-likeness (QED) is 0.655. The third-order valence-electron chi connectivity index (χ3n) is 3.25. The van der Waals surface area contributed by atoms with Crippen molar-refractivity contribution in [2.24, 2.45) is 0 Å². The Hall–Kier alpha value is -0.610. The maximum atomic E-state index is 13.4. The zero-order valence-electron chi connectivity index (χ0n) is 12.6. The van der Waals surface area contributed by atoms with Crippen molar-refractivity contribution in [3.63, 3.8) is 0 Å². The molecule has 0 amide bonds. The van der Waals surface area contributed by atoms with E-state index in [2.05, 4.69) is 35.1 Å². The topological polar surface area (TPSA) is 21.3 Å². The Kier molecular flexibility index (Phi) is 8.15. The van der Waals surface area contributed by atoms with E-state index < -0.39 is 0 Å². The third kappa shape index (κ3) is 6.23. The van der Waals surface area contributed by atoms with Gasteiger partial charge in [0, 0.05) is 12.1 Å². The molecule has 0 saturated heterocycles. The van der Waals surface area contributed by atoms with E-state index in [1.807, 2.05) is 6.07 Å². The summed E-state index contributed by atoms with van der Waals surface area (Å²) < 4.78 is 19.1. The summed E-state index contributed by atoms with van der Waals surface area (Å²) in [5, 5.41) is 3.42. The number of unbranched alkanes of at least 4 members (excludes halogenated alkanes) is 3. The standard InChI is InChI=1S/C16H25BrFNO/c1-12(2)19-9-7-5-4-6-8-13-10-14(17)15(18)11-16(13)20-3/h10-12,19H,4-9H2,1-3H3. The van der Waals surface area contributed by atoms with Crippen LogP contribution in [0.2, 0.25) is 0 Å². The van der Waals surface area contributed by atoms with Crippen LogP contribution < -0.4 is 10.1 Å². The second-order valence-electron chi connectivity index (χ2n) is 5.35. The molecule has 1 aromatic rings. The highest BCUT2D eigenvalue weighted by molar-refractivity contribution is 9.10. The van der Waals surface area contributed by atoms with Gasteiger partial charge in [-0.2, -0.15) is 0 Å². The second kappa shape index (κ2) is 9.35. The number of rotatable bonds is 9. The van der Waals surface area contributed by atoms with E-state index in [4.69, 9.17) is 4.74 Å². The molecule has 0 spiro atoms. The van der Waals surface area contributed by atoms with E-state index >= 15 is 0 Å². The van der Waals surface area contributed by atoms with Crippen molar-refractivity contribution in [3.05, 3.63) is 28.0 Å². The van der Waals surface area contributed by atoms with Gasteiger partial charge in [-0.1, -0.05) is 26.7 Å². The minimum atomic E-state index is -0.273. The normalized spacial score (nSPS) is 11.1. The number of halogens is 2. The molecular weight excluding hydrogens is 321 g/mol. The van der Waals surface area contributed by atoms with Gasteiger partial charge in [-0.3, -0.25) is 0 Å². The summed E-state index contributed by atoms with van der Waals surface area (Å²) in [5.74, 6) is 0.373. The first-order valence-corrected chi connectivity index (χ1v) is 8.09. The van der Waals surface area contributed by atoms with Gasteiger partial charge in [0.1, 0.15) is 11.6 Å². The Labute approximate surface area is 130 Å². The lowest BCUT2D eigenvalue weighted by molar-refractivity contribution is 0.404. The number of hydrogen-bond acceptors (Lipinski definition) is 2. The molecule has 0 radical (unpaired) electrons. The molecule has 4 heteroatoms. The van der Waals surface area contributed by atoms with Crippen molar-refractivity contribution < 1.29 is 9.13 Å². The summed E-state index contributed by atoms with van der Waals surface area (Å²) in [6.07, 6.45) is 5.67. The van der Waals surface area contributed by atoms with E-state index in [0.717, 1.165) is 24.9 Å². The SMILES string of the molecule is COc1cc(F)c(Br)cc1CCCCCCNC(C)C. The smallest absolute Gasteiger partial charge is 0.141 e. The highest BCUT2D eigenvalue weighted by Crippen LogP contribution is 2.27. The lowest BCUT2D eigenvalue weighted by Crippen LogP contribution is -2.23. The lowest BCUT2D eigenvalue weighted by atomic mass is 10.0. The molecule has 1 aromatic carbocycles. The molecule has 1 N–H and O–H groups in total. The minimum absolute atomic E-state index is 0.273. The summed E-state index contributed by atoms with van der Waals surface area (Å²) in [4.78, 5) is 0. The van der Waals surface area contributed by atoms with Gasteiger partial charge in [-0.05, 0) is 53.4 Å². The minimum Gasteiger partial charge on any atom is -0.496 e. The molecule has 0 fully saturated rings. The number of hydrogen-bond donors (Lipinski definition) is 1. The molecule has 0 aliphatic rings. The van der Waals surface area contributed by atoms with Crippen molar-refractivity contribution in [3.8, 4) is 5.75 Å². The first-order valence-electron chi connectivity index (χ1n) is 7.30. The van der Waals surface area contributed by atoms with Crippen molar-refractivity contribution in [2.45, 2.75) is 52.0 Å². The molecule has 0 saturated carbocycles. The molecule has 1 rings (SSSR count). The number of benzene rings is 1. The van der Waals surface area contributed by atoms with Crippen molar-refractivity contribution >= 4 is 15.9 Å². The highest BCUT2D eigenvalue weighted by atomic mass is 79.9. The van der Waals surface area contributed by atoms with Crippen molar-refractivity contribution in [1.29, 1.82) is 0 Å². The van der Waals surface area contributed by atoms with E-state index in [9.17, 15) is 4.39 Å². The zero-order valence-corrected chi connectivity index (χ0v) is 14.2. The Morgan fingerprint density at radius 2 is 1.90 bits per heavy atom. The number of methoxy groups -OCH3 is 1. The summed E-state index contributed by atoms with van der Waals surface area (Å²) in [6, 6.07) is 3.84. The molecular formula is C16H25BrFNO. The van der Waals surface area contributed by atoms with Crippen LogP contribution in [0.1, 0.15) is 45.1 Å². The number of ether oxygens (including phenoxy) is 1. The Bertz CT molecular complexity index is 410. The molecule has 0 atom stereocenters. The molecule has 20 heavy (non-hydrogen) atoms.